The van der Waals surface area contributed by atoms with Crippen LogP contribution in [-0.4, -0.2) is 66.2 Å². The smallest absolute Gasteiger partial charge is 0.317 e. The van der Waals surface area contributed by atoms with Crippen LogP contribution in [0.1, 0.15) is 25.2 Å². The summed E-state index contributed by atoms with van der Waals surface area (Å²) in [4.78, 5) is 35.0. The lowest BCUT2D eigenvalue weighted by Gasteiger charge is -2.36. The Hall–Kier alpha value is -3.59. The van der Waals surface area contributed by atoms with Crippen LogP contribution in [0.15, 0.2) is 53.1 Å². The van der Waals surface area contributed by atoms with Crippen molar-refractivity contribution in [3.8, 4) is 11.4 Å². The van der Waals surface area contributed by atoms with Gasteiger partial charge < -0.3 is 24.5 Å². The van der Waals surface area contributed by atoms with Gasteiger partial charge in [-0.2, -0.15) is 4.98 Å². The molecule has 2 fully saturated rings. The number of aromatic nitrogens is 2. The first kappa shape index (κ1) is 23.2. The van der Waals surface area contributed by atoms with E-state index in [0.717, 1.165) is 30.0 Å². The highest BCUT2D eigenvalue weighted by Crippen LogP contribution is 2.33. The minimum atomic E-state index is -0.164. The molecule has 10 heteroatoms. The monoisotopic (exact) mass is 494 g/mol. The molecule has 2 saturated heterocycles. The molecule has 2 aliphatic heterocycles. The molecule has 1 atom stereocenters. The van der Waals surface area contributed by atoms with E-state index in [9.17, 15) is 9.59 Å². The second-order valence-electron chi connectivity index (χ2n) is 8.70. The number of hydrogen-bond acceptors (Lipinski definition) is 6. The Labute approximate surface area is 208 Å². The van der Waals surface area contributed by atoms with Crippen molar-refractivity contribution in [2.24, 2.45) is 0 Å². The van der Waals surface area contributed by atoms with Gasteiger partial charge in [-0.15, -0.1) is 0 Å². The Kier molecular flexibility index (Phi) is 6.59. The van der Waals surface area contributed by atoms with Gasteiger partial charge in [0.2, 0.25) is 17.6 Å². The third-order valence-corrected chi connectivity index (χ3v) is 6.66. The Bertz CT molecular complexity index is 1210. The molecule has 5 rings (SSSR count). The number of benzene rings is 2. The van der Waals surface area contributed by atoms with E-state index in [2.05, 4.69) is 20.4 Å². The summed E-state index contributed by atoms with van der Waals surface area (Å²) in [7, 11) is 0. The molecule has 2 aliphatic rings. The van der Waals surface area contributed by atoms with E-state index in [0.29, 0.717) is 49.3 Å². The molecular formula is C25H27ClN6O3. The summed E-state index contributed by atoms with van der Waals surface area (Å²) in [5.41, 5.74) is 2.71. The van der Waals surface area contributed by atoms with Crippen molar-refractivity contribution in [1.29, 1.82) is 0 Å². The first-order valence-corrected chi connectivity index (χ1v) is 12.2. The largest absolute Gasteiger partial charge is 0.368 e. The van der Waals surface area contributed by atoms with Crippen molar-refractivity contribution >= 4 is 34.9 Å². The van der Waals surface area contributed by atoms with Crippen LogP contribution in [0, 0.1) is 0 Å². The summed E-state index contributed by atoms with van der Waals surface area (Å²) in [5.74, 6) is 0.807. The van der Waals surface area contributed by atoms with Crippen molar-refractivity contribution < 1.29 is 14.1 Å². The molecular weight excluding hydrogens is 468 g/mol. The van der Waals surface area contributed by atoms with E-state index >= 15 is 0 Å². The molecule has 1 N–H and O–H groups in total. The van der Waals surface area contributed by atoms with Gasteiger partial charge in [-0.05, 0) is 49.4 Å². The highest BCUT2D eigenvalue weighted by atomic mass is 35.5. The van der Waals surface area contributed by atoms with Crippen molar-refractivity contribution in [2.45, 2.75) is 19.3 Å². The van der Waals surface area contributed by atoms with Crippen molar-refractivity contribution in [3.05, 3.63) is 59.4 Å². The number of halogens is 1. The quantitative estimate of drug-likeness (QED) is 0.580. The van der Waals surface area contributed by atoms with E-state index in [4.69, 9.17) is 16.1 Å². The minimum absolute atomic E-state index is 0.00458. The Morgan fingerprint density at radius 1 is 1.11 bits per heavy atom. The van der Waals surface area contributed by atoms with Crippen LogP contribution < -0.4 is 15.1 Å². The van der Waals surface area contributed by atoms with Crippen LogP contribution in [0.25, 0.3) is 11.4 Å². The van der Waals surface area contributed by atoms with Crippen LogP contribution in [0.5, 0.6) is 0 Å². The number of urea groups is 1. The zero-order valence-corrected chi connectivity index (χ0v) is 20.2. The second kappa shape index (κ2) is 9.95. The van der Waals surface area contributed by atoms with Gasteiger partial charge in [0.05, 0.1) is 5.92 Å². The average Bonchev–Trinajstić information content (AvgIpc) is 3.52. The Morgan fingerprint density at radius 3 is 2.60 bits per heavy atom. The van der Waals surface area contributed by atoms with Gasteiger partial charge in [0.15, 0.2) is 0 Å². The highest BCUT2D eigenvalue weighted by molar-refractivity contribution is 6.30. The zero-order valence-electron chi connectivity index (χ0n) is 19.5. The van der Waals surface area contributed by atoms with Crippen LogP contribution in [0.3, 0.4) is 0 Å². The normalized spacial score (nSPS) is 18.3. The fraction of sp³-hybridized carbons (Fsp3) is 0.360. The van der Waals surface area contributed by atoms with Crippen LogP contribution in [-0.2, 0) is 4.79 Å². The van der Waals surface area contributed by atoms with Crippen LogP contribution in [0.2, 0.25) is 5.02 Å². The van der Waals surface area contributed by atoms with Gasteiger partial charge in [0, 0.05) is 67.7 Å². The number of rotatable bonds is 5. The topological polar surface area (TPSA) is 94.8 Å². The second-order valence-corrected chi connectivity index (χ2v) is 9.13. The molecule has 3 heterocycles. The van der Waals surface area contributed by atoms with E-state index in [1.165, 1.54) is 0 Å². The Balaban J connectivity index is 1.22. The molecule has 0 saturated carbocycles. The van der Waals surface area contributed by atoms with Gasteiger partial charge in [0.1, 0.15) is 0 Å². The number of carbonyl (C=O) groups excluding carboxylic acids is 2. The zero-order chi connectivity index (χ0) is 24.4. The maximum Gasteiger partial charge on any atom is 0.317 e. The molecule has 0 aliphatic carbocycles. The number of hydrogen-bond donors (Lipinski definition) is 1. The minimum Gasteiger partial charge on any atom is -0.368 e. The molecule has 182 valence electrons. The maximum absolute atomic E-state index is 12.6. The first-order chi connectivity index (χ1) is 17.0. The summed E-state index contributed by atoms with van der Waals surface area (Å²) in [6.07, 6.45) is 0.315. The molecule has 9 nitrogen and oxygen atoms in total. The predicted octanol–water partition coefficient (Wildman–Crippen LogP) is 3.76. The molecule has 2 aromatic carbocycles. The van der Waals surface area contributed by atoms with Crippen LogP contribution in [0.4, 0.5) is 16.2 Å². The fourth-order valence-corrected chi connectivity index (χ4v) is 4.72. The standard InChI is InChI=1S/C25H27ClN6O3/c1-2-27-25(34)31-12-10-30(11-13-31)20-8-6-17(7-9-20)23-28-24(35-29-23)18-14-22(33)32(16-18)21-5-3-4-19(26)15-21/h3-9,15,18H,2,10-14,16H2,1H3,(H,27,34). The summed E-state index contributed by atoms with van der Waals surface area (Å²) in [5, 5.41) is 7.60. The van der Waals surface area contributed by atoms with Gasteiger partial charge in [-0.25, -0.2) is 4.79 Å². The van der Waals surface area contributed by atoms with Gasteiger partial charge in [0.25, 0.3) is 0 Å². The number of piperazine rings is 1. The van der Waals surface area contributed by atoms with Gasteiger partial charge in [-0.1, -0.05) is 22.8 Å². The lowest BCUT2D eigenvalue weighted by atomic mass is 10.1. The van der Waals surface area contributed by atoms with Gasteiger partial charge in [-0.3, -0.25) is 4.79 Å². The van der Waals surface area contributed by atoms with Crippen LogP contribution >= 0.6 is 11.6 Å². The predicted molar refractivity (Wildman–Crippen MR) is 134 cm³/mol. The SMILES string of the molecule is CCNC(=O)N1CCN(c2ccc(-c3noc(C4CC(=O)N(c5cccc(Cl)c5)C4)n3)cc2)CC1. The maximum atomic E-state index is 12.6. The van der Waals surface area contributed by atoms with Crippen molar-refractivity contribution in [2.75, 3.05) is 49.1 Å². The number of amides is 3. The van der Waals surface area contributed by atoms with Crippen molar-refractivity contribution in [3.63, 3.8) is 0 Å². The van der Waals surface area contributed by atoms with E-state index in [-0.39, 0.29) is 17.9 Å². The summed E-state index contributed by atoms with van der Waals surface area (Å²) in [6.45, 7) is 5.97. The molecule has 1 unspecified atom stereocenters. The number of nitrogens with zero attached hydrogens (tertiary/aromatic N) is 5. The highest BCUT2D eigenvalue weighted by Gasteiger charge is 2.35. The average molecular weight is 495 g/mol. The molecule has 0 spiro atoms. The fourth-order valence-electron chi connectivity index (χ4n) is 4.54. The molecule has 35 heavy (non-hydrogen) atoms. The summed E-state index contributed by atoms with van der Waals surface area (Å²) < 4.78 is 5.54. The van der Waals surface area contributed by atoms with Crippen molar-refractivity contribution in [1.82, 2.24) is 20.4 Å². The number of nitrogens with one attached hydrogen (secondary N) is 1. The third kappa shape index (κ3) is 4.95. The summed E-state index contributed by atoms with van der Waals surface area (Å²) in [6, 6.07) is 15.3. The van der Waals surface area contributed by atoms with E-state index in [1.54, 1.807) is 17.0 Å². The first-order valence-electron chi connectivity index (χ1n) is 11.8. The molecule has 0 radical (unpaired) electrons. The van der Waals surface area contributed by atoms with Gasteiger partial charge >= 0.3 is 6.03 Å². The molecule has 3 amide bonds. The Morgan fingerprint density at radius 2 is 1.89 bits per heavy atom. The summed E-state index contributed by atoms with van der Waals surface area (Å²) >= 11 is 6.09. The molecule has 1 aromatic heterocycles. The third-order valence-electron chi connectivity index (χ3n) is 6.42. The number of carbonyl (C=O) groups is 2. The lowest BCUT2D eigenvalue weighted by molar-refractivity contribution is -0.117. The number of anilines is 2. The van der Waals surface area contributed by atoms with E-state index in [1.807, 2.05) is 48.2 Å². The lowest BCUT2D eigenvalue weighted by Crippen LogP contribution is -2.51. The molecule has 0 bridgehead atoms. The van der Waals surface area contributed by atoms with E-state index < -0.39 is 0 Å². The molecule has 3 aromatic rings.